The number of phenolic OH excluding ortho intramolecular Hbond substituents is 1. The second kappa shape index (κ2) is 6.57. The highest BCUT2D eigenvalue weighted by molar-refractivity contribution is 5.79. The Hall–Kier alpha value is -1.55. The number of aliphatic hydroxyl groups is 1. The van der Waals surface area contributed by atoms with Crippen LogP contribution in [-0.4, -0.2) is 28.3 Å². The number of hydrogen-bond acceptors (Lipinski definition) is 3. The predicted molar refractivity (Wildman–Crippen MR) is 74.9 cm³/mol. The molecule has 1 atom stereocenters. The van der Waals surface area contributed by atoms with Crippen molar-refractivity contribution in [3.8, 4) is 5.75 Å². The van der Waals surface area contributed by atoms with Crippen LogP contribution in [0.1, 0.15) is 32.8 Å². The fraction of sp³-hybridized carbons (Fsp3) is 0.533. The van der Waals surface area contributed by atoms with Gasteiger partial charge in [-0.25, -0.2) is 0 Å². The number of carbonyl (C=O) groups is 1. The standard InChI is InChI=1S/C15H23NO3/c1-11(2)9-15(3,19)10-16-14(18)8-12-6-4-5-7-13(12)17/h4-7,11,17,19H,8-10H2,1-3H3,(H,16,18). The van der Waals surface area contributed by atoms with Crippen LogP contribution < -0.4 is 5.32 Å². The Labute approximate surface area is 114 Å². The number of hydrogen-bond donors (Lipinski definition) is 3. The van der Waals surface area contributed by atoms with E-state index in [1.807, 2.05) is 13.8 Å². The molecule has 1 rings (SSSR count). The summed E-state index contributed by atoms with van der Waals surface area (Å²) >= 11 is 0. The van der Waals surface area contributed by atoms with E-state index in [0.29, 0.717) is 17.9 Å². The normalized spacial score (nSPS) is 14.2. The summed E-state index contributed by atoms with van der Waals surface area (Å²) in [6.07, 6.45) is 0.744. The van der Waals surface area contributed by atoms with E-state index in [-0.39, 0.29) is 24.6 Å². The van der Waals surface area contributed by atoms with Crippen molar-refractivity contribution < 1.29 is 15.0 Å². The van der Waals surface area contributed by atoms with Crippen LogP contribution >= 0.6 is 0 Å². The van der Waals surface area contributed by atoms with Gasteiger partial charge in [-0.2, -0.15) is 0 Å². The van der Waals surface area contributed by atoms with E-state index in [1.165, 1.54) is 0 Å². The quantitative estimate of drug-likeness (QED) is 0.735. The molecule has 0 bridgehead atoms. The van der Waals surface area contributed by atoms with E-state index in [1.54, 1.807) is 31.2 Å². The van der Waals surface area contributed by atoms with Gasteiger partial charge in [0, 0.05) is 12.1 Å². The number of benzene rings is 1. The smallest absolute Gasteiger partial charge is 0.224 e. The number of aromatic hydroxyl groups is 1. The monoisotopic (exact) mass is 265 g/mol. The van der Waals surface area contributed by atoms with E-state index in [4.69, 9.17) is 0 Å². The Morgan fingerprint density at radius 3 is 2.58 bits per heavy atom. The molecule has 0 spiro atoms. The van der Waals surface area contributed by atoms with Gasteiger partial charge >= 0.3 is 0 Å². The molecule has 4 nitrogen and oxygen atoms in total. The first-order valence-electron chi connectivity index (χ1n) is 6.56. The van der Waals surface area contributed by atoms with Gasteiger partial charge in [0.2, 0.25) is 5.91 Å². The number of nitrogens with one attached hydrogen (secondary N) is 1. The Kier molecular flexibility index (Phi) is 5.36. The lowest BCUT2D eigenvalue weighted by atomic mass is 9.94. The maximum Gasteiger partial charge on any atom is 0.224 e. The zero-order valence-corrected chi connectivity index (χ0v) is 11.8. The minimum Gasteiger partial charge on any atom is -0.508 e. The zero-order chi connectivity index (χ0) is 14.5. The molecule has 19 heavy (non-hydrogen) atoms. The lowest BCUT2D eigenvalue weighted by Gasteiger charge is -2.25. The topological polar surface area (TPSA) is 69.6 Å². The zero-order valence-electron chi connectivity index (χ0n) is 11.8. The van der Waals surface area contributed by atoms with Crippen LogP contribution in [0.3, 0.4) is 0 Å². The second-order valence-electron chi connectivity index (χ2n) is 5.68. The van der Waals surface area contributed by atoms with Crippen molar-refractivity contribution in [3.63, 3.8) is 0 Å². The third-order valence-corrected chi connectivity index (χ3v) is 2.86. The van der Waals surface area contributed by atoms with Gasteiger partial charge in [-0.05, 0) is 25.3 Å². The molecule has 0 saturated carbocycles. The highest BCUT2D eigenvalue weighted by atomic mass is 16.3. The molecule has 4 heteroatoms. The Morgan fingerprint density at radius 2 is 2.00 bits per heavy atom. The highest BCUT2D eigenvalue weighted by Gasteiger charge is 2.22. The summed E-state index contributed by atoms with van der Waals surface area (Å²) < 4.78 is 0. The average molecular weight is 265 g/mol. The number of carbonyl (C=O) groups excluding carboxylic acids is 1. The minimum atomic E-state index is -0.900. The molecule has 1 amide bonds. The van der Waals surface area contributed by atoms with E-state index in [0.717, 1.165) is 0 Å². The largest absolute Gasteiger partial charge is 0.508 e. The molecule has 0 aliphatic heterocycles. The van der Waals surface area contributed by atoms with Gasteiger partial charge in [-0.3, -0.25) is 4.79 Å². The molecule has 0 radical (unpaired) electrons. The molecule has 0 fully saturated rings. The SMILES string of the molecule is CC(C)CC(C)(O)CNC(=O)Cc1ccccc1O. The Morgan fingerprint density at radius 1 is 1.37 bits per heavy atom. The van der Waals surface area contributed by atoms with Crippen molar-refractivity contribution in [2.24, 2.45) is 5.92 Å². The van der Waals surface area contributed by atoms with Crippen LogP contribution in [0.25, 0.3) is 0 Å². The fourth-order valence-electron chi connectivity index (χ4n) is 2.14. The highest BCUT2D eigenvalue weighted by Crippen LogP contribution is 2.17. The lowest BCUT2D eigenvalue weighted by molar-refractivity contribution is -0.121. The summed E-state index contributed by atoms with van der Waals surface area (Å²) in [5.41, 5.74) is -0.314. The van der Waals surface area contributed by atoms with Crippen LogP contribution in [-0.2, 0) is 11.2 Å². The van der Waals surface area contributed by atoms with Crippen molar-refractivity contribution >= 4 is 5.91 Å². The van der Waals surface area contributed by atoms with Crippen molar-refractivity contribution in [1.82, 2.24) is 5.32 Å². The molecule has 106 valence electrons. The van der Waals surface area contributed by atoms with Crippen molar-refractivity contribution in [1.29, 1.82) is 0 Å². The first-order chi connectivity index (χ1) is 8.80. The van der Waals surface area contributed by atoms with Crippen molar-refractivity contribution in [2.45, 2.75) is 39.2 Å². The Balaban J connectivity index is 2.46. The number of para-hydroxylation sites is 1. The van der Waals surface area contributed by atoms with Gasteiger partial charge in [0.15, 0.2) is 0 Å². The molecule has 0 aliphatic carbocycles. The first-order valence-corrected chi connectivity index (χ1v) is 6.56. The predicted octanol–water partition coefficient (Wildman–Crippen LogP) is 1.85. The molecule has 1 aromatic carbocycles. The molecular weight excluding hydrogens is 242 g/mol. The molecule has 0 heterocycles. The average Bonchev–Trinajstić information content (AvgIpc) is 2.28. The molecule has 0 aromatic heterocycles. The van der Waals surface area contributed by atoms with Crippen LogP contribution in [0.5, 0.6) is 5.75 Å². The Bertz CT molecular complexity index is 427. The molecule has 3 N–H and O–H groups in total. The van der Waals surface area contributed by atoms with Crippen molar-refractivity contribution in [2.75, 3.05) is 6.54 Å². The summed E-state index contributed by atoms with van der Waals surface area (Å²) in [6, 6.07) is 6.75. The van der Waals surface area contributed by atoms with Gasteiger partial charge in [-0.15, -0.1) is 0 Å². The van der Waals surface area contributed by atoms with Crippen LogP contribution in [0.4, 0.5) is 0 Å². The summed E-state index contributed by atoms with van der Waals surface area (Å²) in [5.74, 6) is 0.280. The van der Waals surface area contributed by atoms with E-state index >= 15 is 0 Å². The third kappa shape index (κ3) is 5.75. The summed E-state index contributed by atoms with van der Waals surface area (Å²) in [7, 11) is 0. The second-order valence-corrected chi connectivity index (χ2v) is 5.68. The van der Waals surface area contributed by atoms with Gasteiger partial charge in [0.05, 0.1) is 12.0 Å². The summed E-state index contributed by atoms with van der Waals surface area (Å²) in [5, 5.41) is 22.4. The van der Waals surface area contributed by atoms with Gasteiger partial charge < -0.3 is 15.5 Å². The van der Waals surface area contributed by atoms with E-state index in [9.17, 15) is 15.0 Å². The molecule has 1 aromatic rings. The maximum absolute atomic E-state index is 11.8. The van der Waals surface area contributed by atoms with Crippen LogP contribution in [0, 0.1) is 5.92 Å². The maximum atomic E-state index is 11.8. The summed E-state index contributed by atoms with van der Waals surface area (Å²) in [4.78, 5) is 11.8. The summed E-state index contributed by atoms with van der Waals surface area (Å²) in [6.45, 7) is 5.99. The minimum absolute atomic E-state index is 0.116. The number of rotatable bonds is 6. The van der Waals surface area contributed by atoms with Gasteiger partial charge in [-0.1, -0.05) is 32.0 Å². The van der Waals surface area contributed by atoms with Crippen LogP contribution in [0.15, 0.2) is 24.3 Å². The lowest BCUT2D eigenvalue weighted by Crippen LogP contribution is -2.42. The molecule has 0 aliphatic rings. The van der Waals surface area contributed by atoms with E-state index in [2.05, 4.69) is 5.32 Å². The molecule has 1 unspecified atom stereocenters. The first kappa shape index (κ1) is 15.5. The molecular formula is C15H23NO3. The van der Waals surface area contributed by atoms with Crippen LogP contribution in [0.2, 0.25) is 0 Å². The number of phenols is 1. The fourth-order valence-corrected chi connectivity index (χ4v) is 2.14. The molecule has 0 saturated heterocycles. The van der Waals surface area contributed by atoms with E-state index < -0.39 is 5.60 Å². The van der Waals surface area contributed by atoms with Gasteiger partial charge in [0.1, 0.15) is 5.75 Å². The van der Waals surface area contributed by atoms with Gasteiger partial charge in [0.25, 0.3) is 0 Å². The van der Waals surface area contributed by atoms with Crippen molar-refractivity contribution in [3.05, 3.63) is 29.8 Å². The third-order valence-electron chi connectivity index (χ3n) is 2.86. The number of amides is 1.